The third-order valence-electron chi connectivity index (χ3n) is 8.05. The van der Waals surface area contributed by atoms with Crippen LogP contribution in [-0.4, -0.2) is 11.1 Å². The highest BCUT2D eigenvalue weighted by Gasteiger charge is 1.96. The maximum Gasteiger partial charge on any atom is 0.303 e. The maximum absolute atomic E-state index is 10.3. The molecule has 0 aromatic carbocycles. The zero-order chi connectivity index (χ0) is 30.3. The highest BCUT2D eigenvalue weighted by molar-refractivity contribution is 5.66. The van der Waals surface area contributed by atoms with Gasteiger partial charge in [0.05, 0.1) is 0 Å². The number of allylic oxidation sites excluding steroid dienone is 4. The van der Waals surface area contributed by atoms with Crippen LogP contribution in [0.1, 0.15) is 220 Å². The topological polar surface area (TPSA) is 37.3 Å². The van der Waals surface area contributed by atoms with Crippen molar-refractivity contribution in [3.8, 4) is 0 Å². The fourth-order valence-corrected chi connectivity index (χ4v) is 5.24. The first kappa shape index (κ1) is 42.1. The van der Waals surface area contributed by atoms with Crippen molar-refractivity contribution >= 4 is 5.97 Å². The molecule has 0 spiro atoms. The van der Waals surface area contributed by atoms with Gasteiger partial charge in [-0.15, -0.1) is 0 Å². The van der Waals surface area contributed by atoms with Crippen LogP contribution in [-0.2, 0) is 4.79 Å². The van der Waals surface area contributed by atoms with E-state index in [0.717, 1.165) is 25.7 Å². The molecule has 2 nitrogen and oxygen atoms in total. The van der Waals surface area contributed by atoms with Gasteiger partial charge in [-0.2, -0.15) is 0 Å². The summed E-state index contributed by atoms with van der Waals surface area (Å²) in [6.07, 6.45) is 50.2. The van der Waals surface area contributed by atoms with E-state index in [4.69, 9.17) is 5.11 Å². The van der Waals surface area contributed by atoms with Crippen molar-refractivity contribution in [1.82, 2.24) is 0 Å². The zero-order valence-electron chi connectivity index (χ0n) is 28.6. The van der Waals surface area contributed by atoms with Crippen molar-refractivity contribution in [2.75, 3.05) is 0 Å². The lowest BCUT2D eigenvalue weighted by molar-refractivity contribution is -0.137. The Bertz CT molecular complexity index is 504. The molecule has 0 unspecified atom stereocenters. The average molecular weight is 577 g/mol. The quantitative estimate of drug-likeness (QED) is 0.0638. The second kappa shape index (κ2) is 41.1. The molecule has 0 amide bonds. The molecule has 0 bridgehead atoms. The van der Waals surface area contributed by atoms with E-state index in [9.17, 15) is 4.79 Å². The van der Waals surface area contributed by atoms with Crippen LogP contribution in [0.25, 0.3) is 0 Å². The van der Waals surface area contributed by atoms with Crippen LogP contribution in [0.4, 0.5) is 0 Å². The fourth-order valence-electron chi connectivity index (χ4n) is 5.24. The molecule has 0 saturated heterocycles. The Kier molecular flexibility index (Phi) is 42.2. The molecule has 0 radical (unpaired) electrons. The van der Waals surface area contributed by atoms with Gasteiger partial charge in [0.15, 0.2) is 0 Å². The van der Waals surface area contributed by atoms with Crippen LogP contribution in [0.2, 0.25) is 0 Å². The largest absolute Gasteiger partial charge is 0.481 e. The van der Waals surface area contributed by atoms with E-state index in [1.54, 1.807) is 0 Å². The van der Waals surface area contributed by atoms with E-state index in [1.807, 2.05) is 0 Å². The van der Waals surface area contributed by atoms with Crippen LogP contribution in [0.15, 0.2) is 24.3 Å². The standard InChI is InChI=1S/C21H44.C18H32O2/c1-3-5-7-9-11-13-15-17-19-21-20-18-16-14-12-10-8-6-4-2;1-2-3-4-5-6-7-8-9-10-11-12-13-14-15-16-17-18(19)20/h3-21H2,1-2H3;6-7,9-10H,2-5,8,11-17H2,1H3,(H,19,20)/b;7-6-,10-9-. The summed E-state index contributed by atoms with van der Waals surface area (Å²) in [6.45, 7) is 6.83. The van der Waals surface area contributed by atoms with E-state index >= 15 is 0 Å². The summed E-state index contributed by atoms with van der Waals surface area (Å²) in [6, 6.07) is 0. The zero-order valence-corrected chi connectivity index (χ0v) is 28.6. The highest BCUT2D eigenvalue weighted by Crippen LogP contribution is 2.14. The molecule has 2 heteroatoms. The molecule has 0 aliphatic heterocycles. The first-order valence-corrected chi connectivity index (χ1v) is 18.7. The normalized spacial score (nSPS) is 11.4. The average Bonchev–Trinajstić information content (AvgIpc) is 2.97. The second-order valence-electron chi connectivity index (χ2n) is 12.4. The smallest absolute Gasteiger partial charge is 0.303 e. The third kappa shape index (κ3) is 46.1. The third-order valence-corrected chi connectivity index (χ3v) is 8.05. The Hall–Kier alpha value is -1.05. The van der Waals surface area contributed by atoms with E-state index in [0.29, 0.717) is 6.42 Å². The van der Waals surface area contributed by atoms with Gasteiger partial charge in [-0.3, -0.25) is 4.79 Å². The van der Waals surface area contributed by atoms with Crippen molar-refractivity contribution in [3.05, 3.63) is 24.3 Å². The molecule has 244 valence electrons. The van der Waals surface area contributed by atoms with Crippen molar-refractivity contribution in [2.24, 2.45) is 0 Å². The minimum Gasteiger partial charge on any atom is -0.481 e. The number of unbranched alkanes of at least 4 members (excludes halogenated alkanes) is 26. The van der Waals surface area contributed by atoms with Gasteiger partial charge >= 0.3 is 5.97 Å². The first-order valence-electron chi connectivity index (χ1n) is 18.7. The lowest BCUT2D eigenvalue weighted by Gasteiger charge is -2.03. The summed E-state index contributed by atoms with van der Waals surface area (Å²) in [4.78, 5) is 10.3. The summed E-state index contributed by atoms with van der Waals surface area (Å²) in [7, 11) is 0. The maximum atomic E-state index is 10.3. The molecule has 0 heterocycles. The molecule has 0 atom stereocenters. The molecule has 0 fully saturated rings. The fraction of sp³-hybridized carbons (Fsp3) is 0.872. The molecule has 0 aromatic rings. The molecule has 0 aliphatic rings. The predicted molar refractivity (Wildman–Crippen MR) is 186 cm³/mol. The van der Waals surface area contributed by atoms with Crippen molar-refractivity contribution in [2.45, 2.75) is 220 Å². The van der Waals surface area contributed by atoms with Gasteiger partial charge < -0.3 is 5.11 Å². The number of rotatable bonds is 32. The number of hydrogen-bond donors (Lipinski definition) is 1. The molecule has 0 aliphatic carbocycles. The van der Waals surface area contributed by atoms with E-state index in [2.05, 4.69) is 45.1 Å². The van der Waals surface area contributed by atoms with Gasteiger partial charge in [0.2, 0.25) is 0 Å². The molecule has 0 rings (SSSR count). The highest BCUT2D eigenvalue weighted by atomic mass is 16.4. The summed E-state index contributed by atoms with van der Waals surface area (Å²) < 4.78 is 0. The summed E-state index contributed by atoms with van der Waals surface area (Å²) >= 11 is 0. The van der Waals surface area contributed by atoms with Crippen LogP contribution < -0.4 is 0 Å². The van der Waals surface area contributed by atoms with Crippen molar-refractivity contribution < 1.29 is 9.90 Å². The molecule has 41 heavy (non-hydrogen) atoms. The summed E-state index contributed by atoms with van der Waals surface area (Å²) in [5.74, 6) is -0.671. The molecular formula is C39H76O2. The predicted octanol–water partition coefficient (Wildman–Crippen LogP) is 14.3. The van der Waals surface area contributed by atoms with Gasteiger partial charge in [0.25, 0.3) is 0 Å². The Morgan fingerprint density at radius 3 is 1.00 bits per heavy atom. The van der Waals surface area contributed by atoms with Crippen LogP contribution in [0.5, 0.6) is 0 Å². The minimum absolute atomic E-state index is 0.324. The van der Waals surface area contributed by atoms with E-state index < -0.39 is 5.97 Å². The van der Waals surface area contributed by atoms with Gasteiger partial charge in [-0.1, -0.05) is 199 Å². The van der Waals surface area contributed by atoms with Crippen LogP contribution in [0.3, 0.4) is 0 Å². The Morgan fingerprint density at radius 2 is 0.659 bits per heavy atom. The number of carboxylic acids is 1. The summed E-state index contributed by atoms with van der Waals surface area (Å²) in [5, 5.41) is 8.50. The van der Waals surface area contributed by atoms with E-state index in [1.165, 1.54) is 167 Å². The number of hydrogen-bond acceptors (Lipinski definition) is 1. The molecular weight excluding hydrogens is 500 g/mol. The van der Waals surface area contributed by atoms with Gasteiger partial charge in [-0.25, -0.2) is 0 Å². The monoisotopic (exact) mass is 577 g/mol. The van der Waals surface area contributed by atoms with Crippen LogP contribution in [0, 0.1) is 0 Å². The van der Waals surface area contributed by atoms with Crippen LogP contribution >= 0.6 is 0 Å². The lowest BCUT2D eigenvalue weighted by Crippen LogP contribution is -1.93. The number of carbonyl (C=O) groups is 1. The van der Waals surface area contributed by atoms with Crippen molar-refractivity contribution in [1.29, 1.82) is 0 Å². The number of carboxylic acid groups (broad SMARTS) is 1. The van der Waals surface area contributed by atoms with Gasteiger partial charge in [0.1, 0.15) is 0 Å². The van der Waals surface area contributed by atoms with Crippen molar-refractivity contribution in [3.63, 3.8) is 0 Å². The first-order chi connectivity index (χ1) is 20.2. The summed E-state index contributed by atoms with van der Waals surface area (Å²) in [5.41, 5.74) is 0. The Labute approximate surface area is 259 Å². The molecule has 1 N–H and O–H groups in total. The lowest BCUT2D eigenvalue weighted by atomic mass is 10.0. The van der Waals surface area contributed by atoms with Gasteiger partial charge in [0, 0.05) is 6.42 Å². The molecule has 0 saturated carbocycles. The second-order valence-corrected chi connectivity index (χ2v) is 12.4. The Balaban J connectivity index is 0. The molecule has 0 aromatic heterocycles. The minimum atomic E-state index is -0.671. The Morgan fingerprint density at radius 1 is 0.390 bits per heavy atom. The SMILES string of the molecule is CCCCC/C=C\C/C=C\CCCCCCCC(=O)O.CCCCCCCCCCCCCCCCCCCCC. The van der Waals surface area contributed by atoms with Gasteiger partial charge in [-0.05, 0) is 38.5 Å². The van der Waals surface area contributed by atoms with E-state index in [-0.39, 0.29) is 0 Å². The number of aliphatic carboxylic acids is 1.